The van der Waals surface area contributed by atoms with Gasteiger partial charge >= 0.3 is 129 Å². The molecule has 0 saturated heterocycles. The first-order valence-corrected chi connectivity index (χ1v) is 10.0. The van der Waals surface area contributed by atoms with Crippen molar-refractivity contribution in [2.45, 2.75) is 0 Å². The molecule has 21 heavy (non-hydrogen) atoms. The second-order valence-electron chi connectivity index (χ2n) is 4.80. The van der Waals surface area contributed by atoms with Gasteiger partial charge in [-0.15, -0.1) is 0 Å². The molecule has 3 rings (SSSR count). The van der Waals surface area contributed by atoms with Crippen LogP contribution < -0.4 is 13.2 Å². The van der Waals surface area contributed by atoms with E-state index in [0.717, 1.165) is 5.56 Å². The first kappa shape index (κ1) is 13.7. The molecule has 0 amide bonds. The van der Waals surface area contributed by atoms with Gasteiger partial charge in [-0.25, -0.2) is 0 Å². The van der Waals surface area contributed by atoms with E-state index in [9.17, 15) is 0 Å². The predicted molar refractivity (Wildman–Crippen MR) is 88.7 cm³/mol. The summed E-state index contributed by atoms with van der Waals surface area (Å²) in [6.45, 7) is 0. The second kappa shape index (κ2) is 6.43. The Kier molecular flexibility index (Phi) is 4.18. The zero-order valence-corrected chi connectivity index (χ0v) is 13.6. The standard InChI is InChI=1S/C19H14GeN/c21-15-16-8-7-13-19(14-16)20(17-9-3-1-4-10-17)18-11-5-2-6-12-18/h1-14H. The Labute approximate surface area is 129 Å². The number of nitrogens with zero attached hydrogens (tertiary/aromatic N) is 1. The molecule has 1 radical (unpaired) electrons. The Bertz CT molecular complexity index is 721. The Morgan fingerprint density at radius 2 is 1.14 bits per heavy atom. The Morgan fingerprint density at radius 3 is 1.67 bits per heavy atom. The third kappa shape index (κ3) is 3.07. The van der Waals surface area contributed by atoms with E-state index in [-0.39, 0.29) is 0 Å². The van der Waals surface area contributed by atoms with Crippen molar-refractivity contribution in [2.24, 2.45) is 0 Å². The number of nitriles is 1. The van der Waals surface area contributed by atoms with Gasteiger partial charge in [0.2, 0.25) is 0 Å². The normalized spacial score (nSPS) is 10.3. The van der Waals surface area contributed by atoms with Crippen LogP contribution in [0.4, 0.5) is 0 Å². The third-order valence-corrected chi connectivity index (χ3v) is 9.09. The van der Waals surface area contributed by atoms with E-state index in [4.69, 9.17) is 5.26 Å². The summed E-state index contributed by atoms with van der Waals surface area (Å²) in [7, 11) is 0. The number of rotatable bonds is 3. The molecule has 0 heterocycles. The molecule has 0 aliphatic rings. The fourth-order valence-corrected chi connectivity index (χ4v) is 7.94. The van der Waals surface area contributed by atoms with E-state index in [0.29, 0.717) is 0 Å². The molecule has 0 aromatic heterocycles. The summed E-state index contributed by atoms with van der Waals surface area (Å²) >= 11 is -1.83. The van der Waals surface area contributed by atoms with Crippen LogP contribution in [0.3, 0.4) is 0 Å². The topological polar surface area (TPSA) is 23.8 Å². The average Bonchev–Trinajstić information content (AvgIpc) is 2.57. The van der Waals surface area contributed by atoms with E-state index in [1.807, 2.05) is 12.1 Å². The third-order valence-electron chi connectivity index (χ3n) is 3.41. The molecule has 99 valence electrons. The van der Waals surface area contributed by atoms with Crippen LogP contribution in [0.25, 0.3) is 0 Å². The van der Waals surface area contributed by atoms with Crippen LogP contribution in [0, 0.1) is 11.3 Å². The number of hydrogen-bond donors (Lipinski definition) is 0. The molecule has 0 aliphatic carbocycles. The minimum atomic E-state index is -1.83. The Balaban J connectivity index is 2.15. The van der Waals surface area contributed by atoms with Crippen molar-refractivity contribution in [1.29, 1.82) is 5.26 Å². The zero-order valence-electron chi connectivity index (χ0n) is 11.5. The van der Waals surface area contributed by atoms with Gasteiger partial charge in [0.1, 0.15) is 0 Å². The van der Waals surface area contributed by atoms with Crippen molar-refractivity contribution in [3.05, 3.63) is 90.5 Å². The van der Waals surface area contributed by atoms with Crippen LogP contribution in [0.2, 0.25) is 0 Å². The molecular weight excluding hydrogens is 315 g/mol. The van der Waals surface area contributed by atoms with Crippen LogP contribution in [-0.4, -0.2) is 14.3 Å². The van der Waals surface area contributed by atoms with Crippen LogP contribution in [0.15, 0.2) is 84.9 Å². The summed E-state index contributed by atoms with van der Waals surface area (Å²) in [4.78, 5) is 0. The molecule has 1 nitrogen and oxygen atoms in total. The van der Waals surface area contributed by atoms with Crippen molar-refractivity contribution in [1.82, 2.24) is 0 Å². The van der Waals surface area contributed by atoms with Crippen LogP contribution in [0.5, 0.6) is 0 Å². The summed E-state index contributed by atoms with van der Waals surface area (Å²) in [6, 6.07) is 31.7. The summed E-state index contributed by atoms with van der Waals surface area (Å²) in [6.07, 6.45) is 0. The molecule has 0 unspecified atom stereocenters. The van der Waals surface area contributed by atoms with Gasteiger partial charge in [-0.1, -0.05) is 0 Å². The van der Waals surface area contributed by atoms with Crippen molar-refractivity contribution in [3.63, 3.8) is 0 Å². The SMILES string of the molecule is N#Cc1ccc[c]([Ge]([c]2ccccc2)[c]2ccccc2)c1. The minimum absolute atomic E-state index is 0.740. The van der Waals surface area contributed by atoms with E-state index in [1.165, 1.54) is 13.2 Å². The first-order chi connectivity index (χ1) is 10.4. The van der Waals surface area contributed by atoms with Gasteiger partial charge in [-0.3, -0.25) is 0 Å². The second-order valence-corrected chi connectivity index (χ2v) is 10.0. The molecular formula is C19H14GeN. The molecule has 0 atom stereocenters. The van der Waals surface area contributed by atoms with E-state index in [1.54, 1.807) is 0 Å². The molecule has 0 spiro atoms. The zero-order chi connectivity index (χ0) is 14.5. The monoisotopic (exact) mass is 330 g/mol. The first-order valence-electron chi connectivity index (χ1n) is 6.87. The summed E-state index contributed by atoms with van der Waals surface area (Å²) in [5.74, 6) is 0. The predicted octanol–water partition coefficient (Wildman–Crippen LogP) is 2.07. The van der Waals surface area contributed by atoms with Gasteiger partial charge in [0, 0.05) is 0 Å². The van der Waals surface area contributed by atoms with Gasteiger partial charge in [0.25, 0.3) is 0 Å². The summed E-state index contributed by atoms with van der Waals surface area (Å²) in [5.41, 5.74) is 0.740. The number of benzene rings is 3. The van der Waals surface area contributed by atoms with Gasteiger partial charge in [-0.05, 0) is 0 Å². The van der Waals surface area contributed by atoms with Crippen LogP contribution in [-0.2, 0) is 0 Å². The molecule has 3 aromatic rings. The average molecular weight is 329 g/mol. The maximum absolute atomic E-state index is 9.15. The van der Waals surface area contributed by atoms with Gasteiger partial charge in [0.05, 0.1) is 0 Å². The maximum atomic E-state index is 9.15. The van der Waals surface area contributed by atoms with Crippen molar-refractivity contribution >= 4 is 27.5 Å². The van der Waals surface area contributed by atoms with E-state index >= 15 is 0 Å². The van der Waals surface area contributed by atoms with Gasteiger partial charge < -0.3 is 0 Å². The Morgan fingerprint density at radius 1 is 0.619 bits per heavy atom. The number of hydrogen-bond acceptors (Lipinski definition) is 1. The molecule has 0 fully saturated rings. The summed E-state index contributed by atoms with van der Waals surface area (Å²) in [5, 5.41) is 9.15. The van der Waals surface area contributed by atoms with E-state index in [2.05, 4.69) is 78.9 Å². The molecule has 0 aliphatic heterocycles. The van der Waals surface area contributed by atoms with Crippen LogP contribution in [0.1, 0.15) is 5.56 Å². The fourth-order valence-electron chi connectivity index (χ4n) is 2.45. The van der Waals surface area contributed by atoms with Gasteiger partial charge in [-0.2, -0.15) is 0 Å². The molecule has 3 aromatic carbocycles. The van der Waals surface area contributed by atoms with Crippen LogP contribution >= 0.6 is 0 Å². The fraction of sp³-hybridized carbons (Fsp3) is 0. The molecule has 0 N–H and O–H groups in total. The van der Waals surface area contributed by atoms with Crippen molar-refractivity contribution in [2.75, 3.05) is 0 Å². The van der Waals surface area contributed by atoms with E-state index < -0.39 is 14.3 Å². The van der Waals surface area contributed by atoms with Crippen molar-refractivity contribution in [3.8, 4) is 6.07 Å². The quantitative estimate of drug-likeness (QED) is 0.675. The molecule has 0 saturated carbocycles. The van der Waals surface area contributed by atoms with Gasteiger partial charge in [0.15, 0.2) is 0 Å². The summed E-state index contributed by atoms with van der Waals surface area (Å²) < 4.78 is 4.11. The van der Waals surface area contributed by atoms with Crippen molar-refractivity contribution < 1.29 is 0 Å². The Hall–Kier alpha value is -2.31. The molecule has 0 bridgehead atoms. The molecule has 2 heteroatoms.